The molecule has 0 heterocycles. The van der Waals surface area contributed by atoms with E-state index < -0.39 is 47.2 Å². The fourth-order valence-corrected chi connectivity index (χ4v) is 10.3. The van der Waals surface area contributed by atoms with Gasteiger partial charge in [0.1, 0.15) is 0 Å². The molecule has 0 aromatic rings. The van der Waals surface area contributed by atoms with Crippen LogP contribution >= 0.6 is 0 Å². The van der Waals surface area contributed by atoms with Gasteiger partial charge in [-0.3, -0.25) is 24.0 Å². The molecule has 0 N–H and O–H groups in total. The van der Waals surface area contributed by atoms with Crippen molar-refractivity contribution < 1.29 is 46.4 Å². The highest BCUT2D eigenvalue weighted by atomic mass is 28.4. The summed E-state index contributed by atoms with van der Waals surface area (Å²) in [6, 6.07) is 0. The van der Waals surface area contributed by atoms with Gasteiger partial charge in [0.15, 0.2) is 6.23 Å². The molecule has 0 saturated carbocycles. The van der Waals surface area contributed by atoms with Crippen molar-refractivity contribution in [3.05, 3.63) is 0 Å². The van der Waals surface area contributed by atoms with Crippen LogP contribution in [-0.4, -0.2) is 53.7 Å². The first kappa shape index (κ1) is 21.8. The predicted octanol–water partition coefficient (Wildman–Crippen LogP) is 0.00440. The van der Waals surface area contributed by atoms with E-state index in [1.54, 1.807) is 0 Å². The van der Waals surface area contributed by atoms with E-state index in [9.17, 15) is 24.0 Å². The maximum Gasteiger partial charge on any atom is 0.507 e. The quantitative estimate of drug-likeness (QED) is 0.398. The smallest absolute Gasteiger partial charge is 0.485 e. The highest BCUT2D eigenvalue weighted by Crippen LogP contribution is 2.26. The lowest BCUT2D eigenvalue weighted by atomic mass is 10.9. The molecular weight excluding hydrogens is 360 g/mol. The Kier molecular flexibility index (Phi) is 8.32. The molecule has 0 saturated heterocycles. The Labute approximate surface area is 140 Å². The minimum Gasteiger partial charge on any atom is -0.485 e. The van der Waals surface area contributed by atoms with E-state index >= 15 is 0 Å². The maximum atomic E-state index is 11.4. The van der Waals surface area contributed by atoms with Crippen molar-refractivity contribution in [1.82, 2.24) is 0 Å². The number of rotatable bonds is 9. The molecule has 0 atom stereocenters. The number of carbonyl (C=O) groups excluding carboxylic acids is 5. The third-order valence-electron chi connectivity index (χ3n) is 2.34. The van der Waals surface area contributed by atoms with Crippen LogP contribution < -0.4 is 0 Å². The van der Waals surface area contributed by atoms with E-state index in [2.05, 4.69) is 4.74 Å². The maximum absolute atomic E-state index is 11.4. The second kappa shape index (κ2) is 9.17. The average Bonchev–Trinajstić information content (AvgIpc) is 2.31. The molecule has 12 heteroatoms. The molecule has 0 aromatic heterocycles. The van der Waals surface area contributed by atoms with Crippen molar-refractivity contribution in [2.45, 2.75) is 39.9 Å². The summed E-state index contributed by atoms with van der Waals surface area (Å²) in [5.74, 6) is -3.04. The molecule has 0 aliphatic heterocycles. The highest BCUT2D eigenvalue weighted by Gasteiger charge is 2.57. The molecule has 0 amide bonds. The highest BCUT2D eigenvalue weighted by molar-refractivity contribution is 6.87. The van der Waals surface area contributed by atoms with Gasteiger partial charge in [-0.15, -0.1) is 0 Å². The van der Waals surface area contributed by atoms with Gasteiger partial charge in [-0.1, -0.05) is 0 Å². The fourth-order valence-electron chi connectivity index (χ4n) is 2.08. The molecule has 0 fully saturated rings. The summed E-state index contributed by atoms with van der Waals surface area (Å²) in [7, 11) is -7.44. The van der Waals surface area contributed by atoms with Gasteiger partial charge < -0.3 is 22.4 Å². The monoisotopic (exact) mass is 380 g/mol. The molecule has 0 unspecified atom stereocenters. The minimum absolute atomic E-state index is 0.0886. The van der Waals surface area contributed by atoms with E-state index in [1.807, 2.05) is 0 Å². The Morgan fingerprint density at radius 2 is 1.17 bits per heavy atom. The van der Waals surface area contributed by atoms with Crippen LogP contribution in [0.5, 0.6) is 0 Å². The Balaban J connectivity index is 5.79. The van der Waals surface area contributed by atoms with E-state index in [4.69, 9.17) is 17.7 Å². The lowest BCUT2D eigenvalue weighted by Crippen LogP contribution is -2.58. The van der Waals surface area contributed by atoms with Gasteiger partial charge in [0, 0.05) is 34.2 Å². The van der Waals surface area contributed by atoms with Crippen LogP contribution in [0.15, 0.2) is 0 Å². The molecular formula is C12H20O10Si2. The molecule has 0 bridgehead atoms. The van der Waals surface area contributed by atoms with Crippen LogP contribution in [0.3, 0.4) is 0 Å². The van der Waals surface area contributed by atoms with E-state index in [0.717, 1.165) is 27.7 Å². The fraction of sp³-hybridized carbons (Fsp3) is 0.583. The van der Waals surface area contributed by atoms with E-state index in [-0.39, 0.29) is 12.1 Å². The molecule has 0 aliphatic rings. The van der Waals surface area contributed by atoms with Gasteiger partial charge in [0.2, 0.25) is 0 Å². The van der Waals surface area contributed by atoms with Gasteiger partial charge in [0.25, 0.3) is 30.3 Å². The van der Waals surface area contributed by atoms with Crippen LogP contribution in [0.1, 0.15) is 27.7 Å². The van der Waals surface area contributed by atoms with Gasteiger partial charge in [-0.05, 0) is 0 Å². The topological polar surface area (TPSA) is 132 Å². The first-order valence-corrected chi connectivity index (χ1v) is 11.5. The summed E-state index contributed by atoms with van der Waals surface area (Å²) < 4.78 is 25.1. The molecule has 0 spiro atoms. The van der Waals surface area contributed by atoms with Crippen LogP contribution in [0.25, 0.3) is 0 Å². The molecule has 10 nitrogen and oxygen atoms in total. The third kappa shape index (κ3) is 8.43. The molecule has 0 radical (unpaired) electrons. The molecule has 0 aromatic carbocycles. The third-order valence-corrected chi connectivity index (χ3v) is 10.4. The molecule has 136 valence electrons. The zero-order valence-electron chi connectivity index (χ0n) is 14.1. The van der Waals surface area contributed by atoms with Crippen LogP contribution in [-0.2, 0) is 46.4 Å². The predicted molar refractivity (Wildman–Crippen MR) is 81.3 cm³/mol. The second-order valence-corrected chi connectivity index (χ2v) is 11.6. The molecule has 0 aliphatic carbocycles. The SMILES string of the molecule is CC(=O)O[Si](C)(C[Si](COC=O)(OC(C)=O)OC(C)=O)OC(C)=O. The Hall–Kier alpha value is -2.22. The molecule has 24 heavy (non-hydrogen) atoms. The van der Waals surface area contributed by atoms with Crippen molar-refractivity contribution >= 4 is 47.5 Å². The van der Waals surface area contributed by atoms with E-state index in [0.29, 0.717) is 0 Å². The molecule has 0 rings (SSSR count). The zero-order valence-corrected chi connectivity index (χ0v) is 16.1. The number of carbonyl (C=O) groups is 5. The van der Waals surface area contributed by atoms with Crippen LogP contribution in [0, 0.1) is 0 Å². The van der Waals surface area contributed by atoms with Gasteiger partial charge in [-0.25, -0.2) is 0 Å². The van der Waals surface area contributed by atoms with Crippen molar-refractivity contribution in [3.63, 3.8) is 0 Å². The summed E-state index contributed by atoms with van der Waals surface area (Å²) in [6.07, 6.45) is -0.527. The first-order chi connectivity index (χ1) is 10.9. The summed E-state index contributed by atoms with van der Waals surface area (Å²) in [6.45, 7) is 5.82. The largest absolute Gasteiger partial charge is 0.507 e. The van der Waals surface area contributed by atoms with Gasteiger partial charge in [0.05, 0.1) is 5.67 Å². The standard InChI is InChI=1S/C12H20O10Si2/c1-9(14)19-23(5,20-10(2)15)8-24(7-18-6-13,21-11(3)16)22-12(4)17/h6H,7-8H2,1-5H3. The Morgan fingerprint density at radius 1 is 0.792 bits per heavy atom. The van der Waals surface area contributed by atoms with Gasteiger partial charge in [-0.2, -0.15) is 0 Å². The second-order valence-electron chi connectivity index (χ2n) is 5.00. The van der Waals surface area contributed by atoms with E-state index in [1.165, 1.54) is 6.55 Å². The number of ether oxygens (including phenoxy) is 1. The summed E-state index contributed by atoms with van der Waals surface area (Å²) in [5, 5.41) is 0. The lowest BCUT2D eigenvalue weighted by Gasteiger charge is -2.33. The normalized spacial score (nSPS) is 11.0. The average molecular weight is 380 g/mol. The Morgan fingerprint density at radius 3 is 1.46 bits per heavy atom. The van der Waals surface area contributed by atoms with Crippen molar-refractivity contribution in [2.75, 3.05) is 6.23 Å². The summed E-state index contributed by atoms with van der Waals surface area (Å²) >= 11 is 0. The minimum atomic E-state index is -3.86. The first-order valence-electron chi connectivity index (χ1n) is 6.77. The lowest BCUT2D eigenvalue weighted by molar-refractivity contribution is -0.141. The van der Waals surface area contributed by atoms with Crippen LogP contribution in [0.4, 0.5) is 0 Å². The summed E-state index contributed by atoms with van der Waals surface area (Å²) in [4.78, 5) is 56.0. The van der Waals surface area contributed by atoms with Crippen LogP contribution in [0.2, 0.25) is 12.2 Å². The van der Waals surface area contributed by atoms with Crippen molar-refractivity contribution in [1.29, 1.82) is 0 Å². The Bertz CT molecular complexity index is 486. The number of hydrogen-bond acceptors (Lipinski definition) is 10. The number of hydrogen-bond donors (Lipinski definition) is 0. The van der Waals surface area contributed by atoms with Crippen molar-refractivity contribution in [2.24, 2.45) is 0 Å². The van der Waals surface area contributed by atoms with Crippen molar-refractivity contribution in [3.8, 4) is 0 Å². The zero-order chi connectivity index (χ0) is 19.0. The summed E-state index contributed by atoms with van der Waals surface area (Å²) in [5.41, 5.74) is -0.341. The van der Waals surface area contributed by atoms with Gasteiger partial charge >= 0.3 is 17.1 Å².